The van der Waals surface area contributed by atoms with Crippen molar-refractivity contribution < 1.29 is 35.9 Å². The molecule has 2 heterocycles. The van der Waals surface area contributed by atoms with E-state index >= 15 is 0 Å². The third-order valence-electron chi connectivity index (χ3n) is 8.38. The average molecular weight is 688 g/mol. The van der Waals surface area contributed by atoms with Gasteiger partial charge in [0.2, 0.25) is 0 Å². The second kappa shape index (κ2) is 13.0. The fraction of sp³-hybridized carbons (Fsp3) is 0.375. The van der Waals surface area contributed by atoms with Crippen molar-refractivity contribution in [3.05, 3.63) is 93.2 Å². The van der Waals surface area contributed by atoms with Crippen molar-refractivity contribution in [2.24, 2.45) is 13.0 Å². The van der Waals surface area contributed by atoms with Crippen molar-refractivity contribution >= 4 is 45.8 Å². The molecule has 4 aromatic rings. The number of aromatic nitrogens is 2. The Morgan fingerprint density at radius 2 is 1.74 bits per heavy atom. The highest BCUT2D eigenvalue weighted by molar-refractivity contribution is 6.34. The molecule has 1 aliphatic heterocycles. The highest BCUT2D eigenvalue weighted by atomic mass is 35.5. The Morgan fingerprint density at radius 3 is 2.39 bits per heavy atom. The van der Waals surface area contributed by atoms with Crippen LogP contribution in [0.5, 0.6) is 0 Å². The Balaban J connectivity index is 1.37. The largest absolute Gasteiger partial charge is 0.430 e. The van der Waals surface area contributed by atoms with E-state index < -0.39 is 29.8 Å². The number of nitrogens with zero attached hydrogens (tertiary/aromatic N) is 3. The number of carbonyl (C=O) groups is 1. The molecule has 14 heteroatoms. The van der Waals surface area contributed by atoms with Crippen molar-refractivity contribution in [2.45, 2.75) is 43.8 Å². The first-order valence-electron chi connectivity index (χ1n) is 14.3. The molecule has 246 valence electrons. The van der Waals surface area contributed by atoms with Crippen molar-refractivity contribution in [3.63, 3.8) is 0 Å². The van der Waals surface area contributed by atoms with E-state index in [2.05, 4.69) is 10.3 Å². The zero-order valence-electron chi connectivity index (χ0n) is 24.8. The maximum Gasteiger partial charge on any atom is 0.430 e. The van der Waals surface area contributed by atoms with Crippen LogP contribution in [-0.4, -0.2) is 48.0 Å². The summed E-state index contributed by atoms with van der Waals surface area (Å²) in [6.07, 6.45) is -8.66. The number of methoxy groups -OCH3 is 1. The van der Waals surface area contributed by atoms with Gasteiger partial charge in [-0.3, -0.25) is 4.79 Å². The number of rotatable bonds is 8. The maximum atomic E-state index is 14.3. The number of anilines is 1. The van der Waals surface area contributed by atoms with Crippen molar-refractivity contribution in [3.8, 4) is 0 Å². The van der Waals surface area contributed by atoms with Crippen LogP contribution >= 0.6 is 23.2 Å². The number of imidazole rings is 1. The van der Waals surface area contributed by atoms with Crippen LogP contribution in [0.2, 0.25) is 10.0 Å². The van der Waals surface area contributed by atoms with E-state index in [0.29, 0.717) is 51.7 Å². The minimum Gasteiger partial charge on any atom is -0.370 e. The van der Waals surface area contributed by atoms with Crippen LogP contribution in [0, 0.1) is 5.92 Å². The number of carbonyl (C=O) groups excluding carboxylic acids is 1. The minimum absolute atomic E-state index is 0.0713. The molecule has 0 radical (unpaired) electrons. The van der Waals surface area contributed by atoms with Gasteiger partial charge in [-0.15, -0.1) is 0 Å². The Hall–Kier alpha value is -3.48. The van der Waals surface area contributed by atoms with Crippen LogP contribution in [-0.2, 0) is 35.1 Å². The lowest BCUT2D eigenvalue weighted by atomic mass is 9.91. The Bertz CT molecular complexity index is 1730. The van der Waals surface area contributed by atoms with Crippen molar-refractivity contribution in [1.29, 1.82) is 0 Å². The number of amides is 1. The molecular formula is C32H30Cl2F6N4O2. The molecule has 0 aliphatic carbocycles. The summed E-state index contributed by atoms with van der Waals surface area (Å²) in [5, 5.41) is 3.02. The second-order valence-corrected chi connectivity index (χ2v) is 12.1. The third-order valence-corrected chi connectivity index (χ3v) is 9.06. The molecule has 5 rings (SSSR count). The summed E-state index contributed by atoms with van der Waals surface area (Å²) < 4.78 is 89.8. The number of nitrogens with one attached hydrogen (secondary N) is 1. The van der Waals surface area contributed by atoms with Crippen molar-refractivity contribution in [2.75, 3.05) is 25.1 Å². The van der Waals surface area contributed by atoms with Crippen LogP contribution in [0.25, 0.3) is 11.0 Å². The lowest BCUT2D eigenvalue weighted by Gasteiger charge is -2.35. The highest BCUT2D eigenvalue weighted by Crippen LogP contribution is 2.42. The summed E-state index contributed by atoms with van der Waals surface area (Å²) in [7, 11) is 2.60. The Labute approximate surface area is 271 Å². The van der Waals surface area contributed by atoms with Gasteiger partial charge in [0.15, 0.2) is 0 Å². The van der Waals surface area contributed by atoms with Gasteiger partial charge < -0.3 is 19.5 Å². The molecule has 0 saturated carbocycles. The van der Waals surface area contributed by atoms with Crippen LogP contribution in [0.3, 0.4) is 0 Å². The first kappa shape index (κ1) is 33.9. The minimum atomic E-state index is -5.05. The van der Waals surface area contributed by atoms with Crippen LogP contribution < -0.4 is 10.2 Å². The van der Waals surface area contributed by atoms with E-state index in [1.165, 1.54) is 30.3 Å². The normalized spacial score (nSPS) is 17.3. The standard InChI is InChI=1S/C32H30Cl2F6N4O2/c1-43-27-16-26(44-12-6-9-22(18-44)31(35,36)37)24(34)15-25(27)42-28(43)14-20-13-19(10-11-23(20)33)17-41-29(45)30(46-2,32(38,39)40)21-7-4-3-5-8-21/h3-5,7-8,10-11,13,15-16,22H,6,9,12,14,17-18H2,1-2H3,(H,41,45). The van der Waals surface area contributed by atoms with Gasteiger partial charge >= 0.3 is 12.4 Å². The van der Waals surface area contributed by atoms with Crippen LogP contribution in [0.1, 0.15) is 35.4 Å². The number of fused-ring (bicyclic) bond motifs is 1. The number of ether oxygens (including phenoxy) is 1. The van der Waals surface area contributed by atoms with E-state index in [1.807, 2.05) is 0 Å². The van der Waals surface area contributed by atoms with Gasteiger partial charge in [-0.2, -0.15) is 26.3 Å². The smallest absolute Gasteiger partial charge is 0.370 e. The van der Waals surface area contributed by atoms with Crippen molar-refractivity contribution in [1.82, 2.24) is 14.9 Å². The zero-order valence-corrected chi connectivity index (χ0v) is 26.3. The molecule has 0 bridgehead atoms. The average Bonchev–Trinajstić information content (AvgIpc) is 3.30. The summed E-state index contributed by atoms with van der Waals surface area (Å²) >= 11 is 13.0. The van der Waals surface area contributed by atoms with Gasteiger partial charge in [-0.25, -0.2) is 4.98 Å². The van der Waals surface area contributed by atoms with Crippen LogP contribution in [0.15, 0.2) is 60.7 Å². The molecule has 1 fully saturated rings. The molecule has 1 N–H and O–H groups in total. The quantitative estimate of drug-likeness (QED) is 0.191. The predicted molar refractivity (Wildman–Crippen MR) is 164 cm³/mol. The first-order valence-corrected chi connectivity index (χ1v) is 15.1. The molecule has 0 spiro atoms. The first-order chi connectivity index (χ1) is 21.7. The number of alkyl halides is 6. The van der Waals surface area contributed by atoms with E-state index in [0.717, 1.165) is 7.11 Å². The second-order valence-electron chi connectivity index (χ2n) is 11.2. The van der Waals surface area contributed by atoms with Gasteiger partial charge in [-0.1, -0.05) is 65.7 Å². The maximum absolute atomic E-state index is 14.3. The number of hydrogen-bond donors (Lipinski definition) is 1. The number of benzene rings is 3. The molecule has 1 aromatic heterocycles. The molecule has 6 nitrogen and oxygen atoms in total. The van der Waals surface area contributed by atoms with Gasteiger partial charge in [0, 0.05) is 50.8 Å². The van der Waals surface area contributed by atoms with Gasteiger partial charge in [-0.05, 0) is 42.2 Å². The molecule has 3 aromatic carbocycles. The number of aryl methyl sites for hydroxylation is 1. The topological polar surface area (TPSA) is 59.4 Å². The fourth-order valence-electron chi connectivity index (χ4n) is 5.89. The SMILES string of the molecule is COC(C(=O)NCc1ccc(Cl)c(Cc2nc3cc(Cl)c(N4CCCC(C(F)(F)F)C4)cc3n2C)c1)(c1ccccc1)C(F)(F)F. The summed E-state index contributed by atoms with van der Waals surface area (Å²) in [5.74, 6) is -2.24. The van der Waals surface area contributed by atoms with Gasteiger partial charge in [0.1, 0.15) is 5.82 Å². The Morgan fingerprint density at radius 1 is 1.02 bits per heavy atom. The number of hydrogen-bond acceptors (Lipinski definition) is 4. The van der Waals surface area contributed by atoms with E-state index in [4.69, 9.17) is 27.9 Å². The summed E-state index contributed by atoms with van der Waals surface area (Å²) in [6, 6.07) is 14.8. The molecule has 2 unspecified atom stereocenters. The van der Waals surface area contributed by atoms with Gasteiger partial charge in [0.25, 0.3) is 11.5 Å². The lowest BCUT2D eigenvalue weighted by molar-refractivity contribution is -0.265. The molecule has 1 saturated heterocycles. The van der Waals surface area contributed by atoms with E-state index in [1.54, 1.807) is 46.8 Å². The summed E-state index contributed by atoms with van der Waals surface area (Å²) in [6.45, 7) is 0.0206. The predicted octanol–water partition coefficient (Wildman–Crippen LogP) is 7.97. The van der Waals surface area contributed by atoms with Crippen LogP contribution in [0.4, 0.5) is 32.0 Å². The molecular weight excluding hydrogens is 657 g/mol. The molecule has 1 aliphatic rings. The fourth-order valence-corrected chi connectivity index (χ4v) is 6.35. The summed E-state index contributed by atoms with van der Waals surface area (Å²) in [5.41, 5.74) is -0.787. The van der Waals surface area contributed by atoms with E-state index in [9.17, 15) is 31.1 Å². The number of halogens is 8. The molecule has 46 heavy (non-hydrogen) atoms. The van der Waals surface area contributed by atoms with E-state index in [-0.39, 0.29) is 36.5 Å². The third kappa shape index (κ3) is 6.52. The summed E-state index contributed by atoms with van der Waals surface area (Å²) in [4.78, 5) is 19.4. The highest BCUT2D eigenvalue weighted by Gasteiger charge is 2.62. The molecule has 2 atom stereocenters. The zero-order chi connectivity index (χ0) is 33.4. The molecule has 1 amide bonds. The Kier molecular flexibility index (Phi) is 9.54. The monoisotopic (exact) mass is 686 g/mol. The van der Waals surface area contributed by atoms with Gasteiger partial charge in [0.05, 0.1) is 27.7 Å². The number of piperidine rings is 1. The lowest BCUT2D eigenvalue weighted by Crippen LogP contribution is -2.55.